The number of rotatable bonds is 2. The number of nitrogens with two attached hydrogens (primary N) is 1. The Kier molecular flexibility index (Phi) is 2.95. The Balaban J connectivity index is 1.78. The molecule has 0 radical (unpaired) electrons. The third-order valence-corrected chi connectivity index (χ3v) is 4.40. The molecule has 3 N–H and O–H groups in total. The van der Waals surface area contributed by atoms with E-state index in [1.165, 1.54) is 0 Å². The van der Waals surface area contributed by atoms with Crippen molar-refractivity contribution < 1.29 is 14.3 Å². The van der Waals surface area contributed by atoms with Crippen molar-refractivity contribution in [3.63, 3.8) is 0 Å². The highest BCUT2D eigenvalue weighted by Gasteiger charge is 2.24. The second kappa shape index (κ2) is 4.61. The summed E-state index contributed by atoms with van der Waals surface area (Å²) in [5, 5.41) is 2.90. The Morgan fingerprint density at radius 3 is 2.89 bits per heavy atom. The first-order chi connectivity index (χ1) is 8.74. The lowest BCUT2D eigenvalue weighted by atomic mass is 10.2. The molecule has 6 heteroatoms. The average molecular weight is 266 g/mol. The highest BCUT2D eigenvalue weighted by molar-refractivity contribution is 8.00. The largest absolute Gasteiger partial charge is 0.454 e. The fraction of sp³-hybridized carbons (Fsp3) is 0.417. The first kappa shape index (κ1) is 11.5. The van der Waals surface area contributed by atoms with Gasteiger partial charge in [-0.05, 0) is 18.6 Å². The number of nitrogen functional groups attached to an aromatic ring is 1. The molecular weight excluding hydrogens is 252 g/mol. The molecule has 96 valence electrons. The monoisotopic (exact) mass is 266 g/mol. The molecule has 1 saturated heterocycles. The molecule has 0 aliphatic carbocycles. The predicted molar refractivity (Wildman–Crippen MR) is 71.1 cm³/mol. The Hall–Kier alpha value is -1.56. The van der Waals surface area contributed by atoms with Gasteiger partial charge in [0.05, 0.1) is 16.6 Å². The van der Waals surface area contributed by atoms with Crippen molar-refractivity contribution in [2.45, 2.75) is 18.1 Å². The van der Waals surface area contributed by atoms with Crippen LogP contribution in [-0.2, 0) is 4.79 Å². The Morgan fingerprint density at radius 1 is 1.39 bits per heavy atom. The highest BCUT2D eigenvalue weighted by Crippen LogP contribution is 2.38. The zero-order chi connectivity index (χ0) is 12.5. The molecule has 0 bridgehead atoms. The molecule has 2 heterocycles. The van der Waals surface area contributed by atoms with Crippen LogP contribution < -0.4 is 20.5 Å². The number of carbonyl (C=O) groups is 1. The molecule has 0 spiro atoms. The van der Waals surface area contributed by atoms with Crippen molar-refractivity contribution in [1.29, 1.82) is 0 Å². The standard InChI is InChI=1S/C12H14N2O3S/c13-7-4-9-10(17-6-16-9)5-8(7)14-12(15)11-2-1-3-18-11/h4-5,11H,1-3,6,13H2,(H,14,15). The van der Waals surface area contributed by atoms with E-state index in [-0.39, 0.29) is 18.0 Å². The van der Waals surface area contributed by atoms with Gasteiger partial charge in [0.1, 0.15) is 0 Å². The van der Waals surface area contributed by atoms with Crippen molar-refractivity contribution in [2.75, 3.05) is 23.6 Å². The predicted octanol–water partition coefficient (Wildman–Crippen LogP) is 1.83. The lowest BCUT2D eigenvalue weighted by Crippen LogP contribution is -2.23. The second-order valence-corrected chi connectivity index (χ2v) is 5.59. The van der Waals surface area contributed by atoms with E-state index >= 15 is 0 Å². The van der Waals surface area contributed by atoms with Gasteiger partial charge in [0.15, 0.2) is 11.5 Å². The summed E-state index contributed by atoms with van der Waals surface area (Å²) < 4.78 is 10.5. The molecule has 1 fully saturated rings. The van der Waals surface area contributed by atoms with Crippen LogP contribution in [0.5, 0.6) is 11.5 Å². The number of ether oxygens (including phenoxy) is 2. The fourth-order valence-corrected chi connectivity index (χ4v) is 3.23. The molecule has 5 nitrogen and oxygen atoms in total. The normalized spacial score (nSPS) is 21.0. The molecule has 0 saturated carbocycles. The van der Waals surface area contributed by atoms with Crippen molar-refractivity contribution >= 4 is 29.0 Å². The van der Waals surface area contributed by atoms with Gasteiger partial charge < -0.3 is 20.5 Å². The van der Waals surface area contributed by atoms with E-state index in [9.17, 15) is 4.79 Å². The van der Waals surface area contributed by atoms with Crippen LogP contribution in [0.15, 0.2) is 12.1 Å². The summed E-state index contributed by atoms with van der Waals surface area (Å²) in [4.78, 5) is 12.0. The van der Waals surface area contributed by atoms with E-state index < -0.39 is 0 Å². The van der Waals surface area contributed by atoms with E-state index in [1.807, 2.05) is 0 Å². The maximum Gasteiger partial charge on any atom is 0.237 e. The molecule has 18 heavy (non-hydrogen) atoms. The molecule has 3 rings (SSSR count). The van der Waals surface area contributed by atoms with Crippen molar-refractivity contribution in [1.82, 2.24) is 0 Å². The van der Waals surface area contributed by atoms with Crippen LogP contribution in [0.1, 0.15) is 12.8 Å². The Bertz CT molecular complexity index is 486. The maximum atomic E-state index is 12.0. The van der Waals surface area contributed by atoms with Gasteiger partial charge in [-0.1, -0.05) is 0 Å². The van der Waals surface area contributed by atoms with Gasteiger partial charge in [-0.3, -0.25) is 4.79 Å². The quantitative estimate of drug-likeness (QED) is 0.799. The molecule has 2 aliphatic rings. The van der Waals surface area contributed by atoms with E-state index in [2.05, 4.69) is 5.32 Å². The summed E-state index contributed by atoms with van der Waals surface area (Å²) in [6.45, 7) is 0.199. The number of thioether (sulfide) groups is 1. The molecule has 1 aromatic rings. The zero-order valence-corrected chi connectivity index (χ0v) is 10.6. The van der Waals surface area contributed by atoms with Crippen LogP contribution in [-0.4, -0.2) is 23.7 Å². The summed E-state index contributed by atoms with van der Waals surface area (Å²) in [5.74, 6) is 2.32. The summed E-state index contributed by atoms with van der Waals surface area (Å²) in [6.07, 6.45) is 2.03. The van der Waals surface area contributed by atoms with Gasteiger partial charge in [-0.2, -0.15) is 0 Å². The smallest absolute Gasteiger partial charge is 0.237 e. The number of anilines is 2. The van der Waals surface area contributed by atoms with Crippen molar-refractivity contribution in [2.24, 2.45) is 0 Å². The number of carbonyl (C=O) groups excluding carboxylic acids is 1. The van der Waals surface area contributed by atoms with Gasteiger partial charge in [-0.25, -0.2) is 0 Å². The third-order valence-electron chi connectivity index (χ3n) is 3.02. The number of benzene rings is 1. The number of hydrogen-bond acceptors (Lipinski definition) is 5. The topological polar surface area (TPSA) is 73.6 Å². The van der Waals surface area contributed by atoms with Gasteiger partial charge in [0.2, 0.25) is 12.7 Å². The van der Waals surface area contributed by atoms with Crippen LogP contribution in [0, 0.1) is 0 Å². The van der Waals surface area contributed by atoms with Gasteiger partial charge in [-0.15, -0.1) is 11.8 Å². The minimum absolute atomic E-state index is 0.0167. The SMILES string of the molecule is Nc1cc2c(cc1NC(=O)C1CCCS1)OCO2. The van der Waals surface area contributed by atoms with E-state index in [1.54, 1.807) is 23.9 Å². The zero-order valence-electron chi connectivity index (χ0n) is 9.77. The summed E-state index contributed by atoms with van der Waals surface area (Å²) in [5.41, 5.74) is 6.97. The van der Waals surface area contributed by atoms with Crippen LogP contribution in [0.3, 0.4) is 0 Å². The lowest BCUT2D eigenvalue weighted by Gasteiger charge is -2.12. The number of amides is 1. The number of hydrogen-bond donors (Lipinski definition) is 2. The minimum Gasteiger partial charge on any atom is -0.454 e. The van der Waals surface area contributed by atoms with Gasteiger partial charge >= 0.3 is 0 Å². The highest BCUT2D eigenvalue weighted by atomic mass is 32.2. The molecule has 1 atom stereocenters. The maximum absolute atomic E-state index is 12.0. The summed E-state index contributed by atoms with van der Waals surface area (Å²) >= 11 is 1.69. The Morgan fingerprint density at radius 2 is 2.17 bits per heavy atom. The molecule has 0 aromatic heterocycles. The lowest BCUT2D eigenvalue weighted by molar-refractivity contribution is -0.115. The minimum atomic E-state index is 0.0167. The van der Waals surface area contributed by atoms with Crippen LogP contribution in [0.25, 0.3) is 0 Å². The fourth-order valence-electron chi connectivity index (χ4n) is 2.06. The Labute approximate surface area is 109 Å². The van der Waals surface area contributed by atoms with Gasteiger partial charge in [0, 0.05) is 12.1 Å². The van der Waals surface area contributed by atoms with E-state index in [0.717, 1.165) is 18.6 Å². The number of fused-ring (bicyclic) bond motifs is 1. The van der Waals surface area contributed by atoms with Crippen LogP contribution in [0.4, 0.5) is 11.4 Å². The van der Waals surface area contributed by atoms with Crippen molar-refractivity contribution in [3.05, 3.63) is 12.1 Å². The first-order valence-corrected chi connectivity index (χ1v) is 6.90. The van der Waals surface area contributed by atoms with E-state index in [4.69, 9.17) is 15.2 Å². The van der Waals surface area contributed by atoms with Crippen LogP contribution in [0.2, 0.25) is 0 Å². The molecule has 1 unspecified atom stereocenters. The molecule has 2 aliphatic heterocycles. The molecule has 1 amide bonds. The third kappa shape index (κ3) is 2.08. The summed E-state index contributed by atoms with van der Waals surface area (Å²) in [7, 11) is 0. The average Bonchev–Trinajstić information content (AvgIpc) is 2.98. The molecule has 1 aromatic carbocycles. The van der Waals surface area contributed by atoms with E-state index in [0.29, 0.717) is 22.9 Å². The molecular formula is C12H14N2O3S. The van der Waals surface area contributed by atoms with Crippen LogP contribution >= 0.6 is 11.8 Å². The first-order valence-electron chi connectivity index (χ1n) is 5.85. The van der Waals surface area contributed by atoms with Crippen molar-refractivity contribution in [3.8, 4) is 11.5 Å². The number of nitrogens with one attached hydrogen (secondary N) is 1. The summed E-state index contributed by atoms with van der Waals surface area (Å²) in [6, 6.07) is 3.40. The van der Waals surface area contributed by atoms with Gasteiger partial charge in [0.25, 0.3) is 0 Å². The second-order valence-electron chi connectivity index (χ2n) is 4.28.